The summed E-state index contributed by atoms with van der Waals surface area (Å²) in [5, 5.41) is 13.8. The molecule has 0 bridgehead atoms. The minimum atomic E-state index is -0.270. The molecule has 0 aliphatic rings. The number of carbonyl (C=O) groups excluding carboxylic acids is 1. The third-order valence-corrected chi connectivity index (χ3v) is 4.25. The Labute approximate surface area is 165 Å². The minimum Gasteiger partial charge on any atom is -0.475 e. The van der Waals surface area contributed by atoms with Crippen molar-refractivity contribution in [3.63, 3.8) is 0 Å². The molecule has 6 nitrogen and oxygen atoms in total. The second kappa shape index (κ2) is 9.50. The molecule has 0 aliphatic carbocycles. The Kier molecular flexibility index (Phi) is 6.57. The van der Waals surface area contributed by atoms with Crippen molar-refractivity contribution >= 4 is 11.7 Å². The molecule has 6 heteroatoms. The van der Waals surface area contributed by atoms with Gasteiger partial charge in [0.15, 0.2) is 0 Å². The molecule has 3 aromatic rings. The molecule has 0 fully saturated rings. The molecule has 2 amide bonds. The number of amides is 2. The van der Waals surface area contributed by atoms with Crippen LogP contribution in [0.25, 0.3) is 11.3 Å². The van der Waals surface area contributed by atoms with Crippen LogP contribution in [0.15, 0.2) is 60.7 Å². The van der Waals surface area contributed by atoms with Crippen molar-refractivity contribution in [3.8, 4) is 17.1 Å². The van der Waals surface area contributed by atoms with E-state index in [0.717, 1.165) is 23.4 Å². The number of nitrogens with one attached hydrogen (secondary N) is 2. The highest BCUT2D eigenvalue weighted by atomic mass is 16.5. The van der Waals surface area contributed by atoms with Gasteiger partial charge in [-0.1, -0.05) is 48.9 Å². The van der Waals surface area contributed by atoms with E-state index in [2.05, 4.69) is 27.8 Å². The number of urea groups is 1. The van der Waals surface area contributed by atoms with Crippen LogP contribution in [0.4, 0.5) is 10.5 Å². The molecule has 0 unspecified atom stereocenters. The Hall–Kier alpha value is -3.41. The summed E-state index contributed by atoms with van der Waals surface area (Å²) < 4.78 is 5.53. The van der Waals surface area contributed by atoms with Crippen LogP contribution >= 0.6 is 0 Å². The van der Waals surface area contributed by atoms with Gasteiger partial charge in [0, 0.05) is 17.3 Å². The van der Waals surface area contributed by atoms with Gasteiger partial charge in [0.05, 0.1) is 12.2 Å². The van der Waals surface area contributed by atoms with Crippen molar-refractivity contribution in [1.29, 1.82) is 0 Å². The number of anilines is 1. The predicted molar refractivity (Wildman–Crippen MR) is 111 cm³/mol. The summed E-state index contributed by atoms with van der Waals surface area (Å²) in [5.41, 5.74) is 4.99. The number of aryl methyl sites for hydroxylation is 2. The maximum absolute atomic E-state index is 11.9. The first-order chi connectivity index (χ1) is 13.6. The normalized spacial score (nSPS) is 10.4. The molecular weight excluding hydrogens is 352 g/mol. The summed E-state index contributed by atoms with van der Waals surface area (Å²) in [6.07, 6.45) is 0.971. The van der Waals surface area contributed by atoms with Gasteiger partial charge in [-0.05, 0) is 37.1 Å². The van der Waals surface area contributed by atoms with E-state index in [4.69, 9.17) is 4.74 Å². The van der Waals surface area contributed by atoms with Crippen LogP contribution in [-0.2, 0) is 6.42 Å². The molecule has 0 saturated carbocycles. The SMILES string of the molecule is CCc1ccc(NC(=O)NCCOc2ccc(-c3ccc(C)cc3)nn2)cc1. The Bertz CT molecular complexity index is 891. The molecular formula is C22H24N4O2. The van der Waals surface area contributed by atoms with Gasteiger partial charge in [0.1, 0.15) is 6.61 Å². The average Bonchev–Trinajstić information content (AvgIpc) is 2.73. The maximum Gasteiger partial charge on any atom is 0.319 e. The zero-order chi connectivity index (χ0) is 19.8. The third-order valence-electron chi connectivity index (χ3n) is 4.25. The molecule has 0 spiro atoms. The van der Waals surface area contributed by atoms with Gasteiger partial charge in [-0.15, -0.1) is 10.2 Å². The van der Waals surface area contributed by atoms with Crippen molar-refractivity contribution in [2.24, 2.45) is 0 Å². The molecule has 0 radical (unpaired) electrons. The fraction of sp³-hybridized carbons (Fsp3) is 0.227. The monoisotopic (exact) mass is 376 g/mol. The summed E-state index contributed by atoms with van der Waals surface area (Å²) in [5.74, 6) is 0.424. The standard InChI is InChI=1S/C22H24N4O2/c1-3-17-6-10-19(11-7-17)24-22(27)23-14-15-28-21-13-12-20(25-26-21)18-8-4-16(2)5-9-18/h4-13H,3,14-15H2,1-2H3,(H2,23,24,27). The second-order valence-corrected chi connectivity index (χ2v) is 6.40. The summed E-state index contributed by atoms with van der Waals surface area (Å²) in [6.45, 7) is 4.80. The Morgan fingerprint density at radius 2 is 1.71 bits per heavy atom. The Morgan fingerprint density at radius 1 is 0.964 bits per heavy atom. The summed E-state index contributed by atoms with van der Waals surface area (Å²) in [6, 6.07) is 19.2. The van der Waals surface area contributed by atoms with Gasteiger partial charge in [-0.2, -0.15) is 0 Å². The maximum atomic E-state index is 11.9. The van der Waals surface area contributed by atoms with E-state index < -0.39 is 0 Å². The number of aromatic nitrogens is 2. The topological polar surface area (TPSA) is 76.1 Å². The van der Waals surface area contributed by atoms with Crippen LogP contribution < -0.4 is 15.4 Å². The minimum absolute atomic E-state index is 0.270. The average molecular weight is 376 g/mol. The number of carbonyl (C=O) groups is 1. The summed E-state index contributed by atoms with van der Waals surface area (Å²) >= 11 is 0. The second-order valence-electron chi connectivity index (χ2n) is 6.40. The lowest BCUT2D eigenvalue weighted by Gasteiger charge is -2.09. The van der Waals surface area contributed by atoms with Gasteiger partial charge in [-0.25, -0.2) is 4.79 Å². The molecule has 0 aliphatic heterocycles. The highest BCUT2D eigenvalue weighted by Gasteiger charge is 2.04. The number of ether oxygens (including phenoxy) is 1. The van der Waals surface area contributed by atoms with E-state index in [9.17, 15) is 4.79 Å². The van der Waals surface area contributed by atoms with Gasteiger partial charge in [-0.3, -0.25) is 0 Å². The number of hydrogen-bond acceptors (Lipinski definition) is 4. The smallest absolute Gasteiger partial charge is 0.319 e. The van der Waals surface area contributed by atoms with Gasteiger partial charge < -0.3 is 15.4 Å². The molecule has 2 N–H and O–H groups in total. The molecule has 1 heterocycles. The zero-order valence-electron chi connectivity index (χ0n) is 16.1. The molecule has 0 saturated heterocycles. The number of benzene rings is 2. The first-order valence-electron chi connectivity index (χ1n) is 9.31. The van der Waals surface area contributed by atoms with Crippen molar-refractivity contribution in [2.45, 2.75) is 20.3 Å². The molecule has 3 rings (SSSR count). The van der Waals surface area contributed by atoms with Gasteiger partial charge >= 0.3 is 6.03 Å². The lowest BCUT2D eigenvalue weighted by molar-refractivity contribution is 0.246. The quantitative estimate of drug-likeness (QED) is 0.606. The summed E-state index contributed by atoms with van der Waals surface area (Å²) in [7, 11) is 0. The number of nitrogens with zero attached hydrogens (tertiary/aromatic N) is 2. The lowest BCUT2D eigenvalue weighted by atomic mass is 10.1. The number of rotatable bonds is 7. The van der Waals surface area contributed by atoms with Crippen LogP contribution in [0.5, 0.6) is 5.88 Å². The lowest BCUT2D eigenvalue weighted by Crippen LogP contribution is -2.32. The Morgan fingerprint density at radius 3 is 2.36 bits per heavy atom. The van der Waals surface area contributed by atoms with Crippen LogP contribution in [0.2, 0.25) is 0 Å². The van der Waals surface area contributed by atoms with Crippen LogP contribution in [0, 0.1) is 6.92 Å². The molecule has 1 aromatic heterocycles. The van der Waals surface area contributed by atoms with Crippen molar-refractivity contribution in [1.82, 2.24) is 15.5 Å². The van der Waals surface area contributed by atoms with Gasteiger partial charge in [0.2, 0.25) is 5.88 Å². The van der Waals surface area contributed by atoms with Crippen molar-refractivity contribution < 1.29 is 9.53 Å². The first-order valence-corrected chi connectivity index (χ1v) is 9.31. The fourth-order valence-electron chi connectivity index (χ4n) is 2.59. The summed E-state index contributed by atoms with van der Waals surface area (Å²) in [4.78, 5) is 11.9. The first kappa shape index (κ1) is 19.4. The van der Waals surface area contributed by atoms with E-state index in [0.29, 0.717) is 19.0 Å². The van der Waals surface area contributed by atoms with E-state index >= 15 is 0 Å². The molecule has 0 atom stereocenters. The molecule has 2 aromatic carbocycles. The van der Waals surface area contributed by atoms with Crippen LogP contribution in [0.3, 0.4) is 0 Å². The third kappa shape index (κ3) is 5.54. The number of hydrogen-bond donors (Lipinski definition) is 2. The molecule has 144 valence electrons. The highest BCUT2D eigenvalue weighted by molar-refractivity contribution is 5.89. The highest BCUT2D eigenvalue weighted by Crippen LogP contribution is 2.18. The predicted octanol–water partition coefficient (Wildman–Crippen LogP) is 4.21. The fourth-order valence-corrected chi connectivity index (χ4v) is 2.59. The van der Waals surface area contributed by atoms with Gasteiger partial charge in [0.25, 0.3) is 0 Å². The van der Waals surface area contributed by atoms with E-state index in [1.54, 1.807) is 6.07 Å². The zero-order valence-corrected chi connectivity index (χ0v) is 16.1. The molecule has 28 heavy (non-hydrogen) atoms. The van der Waals surface area contributed by atoms with E-state index in [-0.39, 0.29) is 6.03 Å². The Balaban J connectivity index is 1.40. The van der Waals surface area contributed by atoms with E-state index in [1.165, 1.54) is 11.1 Å². The van der Waals surface area contributed by atoms with Crippen LogP contribution in [-0.4, -0.2) is 29.4 Å². The van der Waals surface area contributed by atoms with Crippen molar-refractivity contribution in [2.75, 3.05) is 18.5 Å². The van der Waals surface area contributed by atoms with Crippen LogP contribution in [0.1, 0.15) is 18.1 Å². The van der Waals surface area contributed by atoms with E-state index in [1.807, 2.05) is 61.5 Å². The van der Waals surface area contributed by atoms with Crippen molar-refractivity contribution in [3.05, 3.63) is 71.8 Å². The largest absolute Gasteiger partial charge is 0.475 e.